The van der Waals surface area contributed by atoms with E-state index in [1.54, 1.807) is 0 Å². The van der Waals surface area contributed by atoms with Gasteiger partial charge < -0.3 is 9.73 Å². The van der Waals surface area contributed by atoms with Gasteiger partial charge in [-0.05, 0) is 18.8 Å². The van der Waals surface area contributed by atoms with Gasteiger partial charge in [-0.15, -0.1) is 16.7 Å². The second kappa shape index (κ2) is 5.35. The van der Waals surface area contributed by atoms with Gasteiger partial charge in [0.2, 0.25) is 5.89 Å². The van der Waals surface area contributed by atoms with E-state index in [1.807, 2.05) is 0 Å². The van der Waals surface area contributed by atoms with Crippen LogP contribution in [-0.4, -0.2) is 22.6 Å². The van der Waals surface area contributed by atoms with Gasteiger partial charge in [-0.1, -0.05) is 17.9 Å². The van der Waals surface area contributed by atoms with E-state index in [0.717, 1.165) is 12.5 Å². The number of hydrogen-bond donors (Lipinski definition) is 1. The molecule has 0 atom stereocenters. The zero-order chi connectivity index (χ0) is 10.5. The lowest BCUT2D eigenvalue weighted by molar-refractivity contribution is 0.510. The first-order chi connectivity index (χ1) is 7.38. The molecule has 0 saturated heterocycles. The summed E-state index contributed by atoms with van der Waals surface area (Å²) in [4.78, 5) is 0. The molecule has 0 aromatic carbocycles. The third kappa shape index (κ3) is 3.70. The molecule has 1 saturated carbocycles. The molecule has 1 aliphatic rings. The minimum Gasteiger partial charge on any atom is -0.408 e. The third-order valence-electron chi connectivity index (χ3n) is 2.54. The van der Waals surface area contributed by atoms with Crippen LogP contribution in [0, 0.1) is 5.92 Å². The molecule has 1 fully saturated rings. The van der Waals surface area contributed by atoms with Gasteiger partial charge >= 0.3 is 6.01 Å². The van der Waals surface area contributed by atoms with Crippen molar-refractivity contribution in [2.24, 2.45) is 5.92 Å². The summed E-state index contributed by atoms with van der Waals surface area (Å²) in [6, 6.07) is 0.519. The number of halogens is 1. The zero-order valence-corrected chi connectivity index (χ0v) is 9.46. The van der Waals surface area contributed by atoms with Crippen LogP contribution < -0.4 is 5.32 Å². The lowest BCUT2D eigenvalue weighted by Crippen LogP contribution is -2.01. The fourth-order valence-corrected chi connectivity index (χ4v) is 1.66. The van der Waals surface area contributed by atoms with E-state index in [-0.39, 0.29) is 0 Å². The average Bonchev–Trinajstić information content (AvgIpc) is 2.95. The quantitative estimate of drug-likeness (QED) is 0.577. The molecule has 0 unspecified atom stereocenters. The van der Waals surface area contributed by atoms with E-state index in [0.29, 0.717) is 24.2 Å². The zero-order valence-electron chi connectivity index (χ0n) is 8.71. The molecule has 15 heavy (non-hydrogen) atoms. The predicted octanol–water partition coefficient (Wildman–Crippen LogP) is 2.45. The second-order valence-corrected chi connectivity index (χ2v) is 4.33. The maximum absolute atomic E-state index is 5.57. The summed E-state index contributed by atoms with van der Waals surface area (Å²) in [5.74, 6) is 2.11. The SMILES string of the molecule is ClCCc1nnc(NCCCC2CC2)o1. The molecule has 1 aromatic heterocycles. The van der Waals surface area contributed by atoms with E-state index in [4.69, 9.17) is 16.0 Å². The van der Waals surface area contributed by atoms with Crippen LogP contribution in [0.25, 0.3) is 0 Å². The highest BCUT2D eigenvalue weighted by molar-refractivity contribution is 6.17. The summed E-state index contributed by atoms with van der Waals surface area (Å²) in [6.45, 7) is 0.916. The Labute approximate surface area is 94.4 Å². The van der Waals surface area contributed by atoms with E-state index < -0.39 is 0 Å². The highest BCUT2D eigenvalue weighted by Gasteiger charge is 2.20. The molecule has 0 aliphatic heterocycles. The maximum atomic E-state index is 5.57. The second-order valence-electron chi connectivity index (χ2n) is 3.95. The molecule has 1 N–H and O–H groups in total. The molecular weight excluding hydrogens is 214 g/mol. The fourth-order valence-electron chi connectivity index (χ4n) is 1.50. The molecule has 1 aromatic rings. The first kappa shape index (κ1) is 10.7. The monoisotopic (exact) mass is 229 g/mol. The molecule has 5 heteroatoms. The Morgan fingerprint density at radius 3 is 3.00 bits per heavy atom. The molecule has 1 heterocycles. The molecule has 1 aliphatic carbocycles. The van der Waals surface area contributed by atoms with Crippen molar-refractivity contribution < 1.29 is 4.42 Å². The van der Waals surface area contributed by atoms with Crippen molar-refractivity contribution in [2.45, 2.75) is 32.1 Å². The van der Waals surface area contributed by atoms with Crippen LogP contribution in [-0.2, 0) is 6.42 Å². The summed E-state index contributed by atoms with van der Waals surface area (Å²) in [6.07, 6.45) is 5.97. The van der Waals surface area contributed by atoms with Crippen LogP contribution in [0.1, 0.15) is 31.6 Å². The number of hydrogen-bond acceptors (Lipinski definition) is 4. The number of nitrogens with zero attached hydrogens (tertiary/aromatic N) is 2. The van der Waals surface area contributed by atoms with Crippen LogP contribution in [0.3, 0.4) is 0 Å². The Balaban J connectivity index is 1.63. The summed E-state index contributed by atoms with van der Waals surface area (Å²) < 4.78 is 5.33. The van der Waals surface area contributed by atoms with Crippen LogP contribution in [0.4, 0.5) is 6.01 Å². The first-order valence-electron chi connectivity index (χ1n) is 5.50. The van der Waals surface area contributed by atoms with Crippen molar-refractivity contribution in [2.75, 3.05) is 17.7 Å². The Morgan fingerprint density at radius 1 is 1.40 bits per heavy atom. The summed E-state index contributed by atoms with van der Waals surface area (Å²) in [5.41, 5.74) is 0. The number of anilines is 1. The van der Waals surface area contributed by atoms with E-state index in [1.165, 1.54) is 25.7 Å². The number of aromatic nitrogens is 2. The summed E-state index contributed by atoms with van der Waals surface area (Å²) >= 11 is 5.57. The van der Waals surface area contributed by atoms with E-state index >= 15 is 0 Å². The van der Waals surface area contributed by atoms with E-state index in [2.05, 4.69) is 15.5 Å². The smallest absolute Gasteiger partial charge is 0.315 e. The van der Waals surface area contributed by atoms with Gasteiger partial charge in [-0.2, -0.15) is 0 Å². The Kier molecular flexibility index (Phi) is 3.83. The average molecular weight is 230 g/mol. The molecule has 0 bridgehead atoms. The normalized spacial score (nSPS) is 15.5. The van der Waals surface area contributed by atoms with Gasteiger partial charge in [0.05, 0.1) is 0 Å². The van der Waals surface area contributed by atoms with Crippen molar-refractivity contribution in [1.29, 1.82) is 0 Å². The Hall–Kier alpha value is -0.770. The molecule has 2 rings (SSSR count). The summed E-state index contributed by atoms with van der Waals surface area (Å²) in [5, 5.41) is 10.9. The molecule has 0 radical (unpaired) electrons. The highest BCUT2D eigenvalue weighted by atomic mass is 35.5. The van der Waals surface area contributed by atoms with Crippen LogP contribution in [0.2, 0.25) is 0 Å². The number of rotatable bonds is 7. The van der Waals surface area contributed by atoms with Gasteiger partial charge in [-0.3, -0.25) is 0 Å². The Bertz CT molecular complexity index is 299. The summed E-state index contributed by atoms with van der Waals surface area (Å²) in [7, 11) is 0. The standard InChI is InChI=1S/C10H16ClN3O/c11-6-5-9-13-14-10(15-9)12-7-1-2-8-3-4-8/h8H,1-7H2,(H,12,14). The largest absolute Gasteiger partial charge is 0.408 e. The van der Waals surface area contributed by atoms with Gasteiger partial charge in [0, 0.05) is 18.8 Å². The first-order valence-corrected chi connectivity index (χ1v) is 6.04. The minimum absolute atomic E-state index is 0.517. The van der Waals surface area contributed by atoms with Crippen molar-refractivity contribution in [3.05, 3.63) is 5.89 Å². The minimum atomic E-state index is 0.517. The molecule has 4 nitrogen and oxygen atoms in total. The lowest BCUT2D eigenvalue weighted by atomic mass is 10.2. The fraction of sp³-hybridized carbons (Fsp3) is 0.800. The van der Waals surface area contributed by atoms with Crippen molar-refractivity contribution in [3.63, 3.8) is 0 Å². The van der Waals surface area contributed by atoms with Crippen LogP contribution >= 0.6 is 11.6 Å². The van der Waals surface area contributed by atoms with Crippen molar-refractivity contribution in [3.8, 4) is 0 Å². The number of nitrogens with one attached hydrogen (secondary N) is 1. The predicted molar refractivity (Wildman–Crippen MR) is 59.2 cm³/mol. The maximum Gasteiger partial charge on any atom is 0.315 e. The lowest BCUT2D eigenvalue weighted by Gasteiger charge is -1.99. The van der Waals surface area contributed by atoms with Crippen LogP contribution in [0.5, 0.6) is 0 Å². The van der Waals surface area contributed by atoms with Gasteiger partial charge in [0.1, 0.15) is 0 Å². The van der Waals surface area contributed by atoms with Crippen molar-refractivity contribution >= 4 is 17.6 Å². The molecular formula is C10H16ClN3O. The molecule has 84 valence electrons. The number of aryl methyl sites for hydroxylation is 1. The van der Waals surface area contributed by atoms with Crippen LogP contribution in [0.15, 0.2) is 4.42 Å². The Morgan fingerprint density at radius 2 is 2.27 bits per heavy atom. The van der Waals surface area contributed by atoms with Crippen molar-refractivity contribution in [1.82, 2.24) is 10.2 Å². The topological polar surface area (TPSA) is 51.0 Å². The van der Waals surface area contributed by atoms with Gasteiger partial charge in [0.25, 0.3) is 0 Å². The van der Waals surface area contributed by atoms with E-state index in [9.17, 15) is 0 Å². The number of alkyl halides is 1. The van der Waals surface area contributed by atoms with Gasteiger partial charge in [0.15, 0.2) is 0 Å². The highest BCUT2D eigenvalue weighted by Crippen LogP contribution is 2.33. The molecule has 0 amide bonds. The van der Waals surface area contributed by atoms with Gasteiger partial charge in [-0.25, -0.2) is 0 Å². The third-order valence-corrected chi connectivity index (χ3v) is 2.73. The molecule has 0 spiro atoms.